The van der Waals surface area contributed by atoms with Crippen LogP contribution in [0.4, 0.5) is 4.39 Å². The minimum Gasteiger partial charge on any atom is -0.481 e. The SMILES string of the molecule is Cc1c(CC(=O)O)cc2ccc(F)cc2c1Oc1ccc(SN2CCN(C)CC2)cc1. The molecule has 1 N–H and O–H groups in total. The number of fused-ring (bicyclic) bond motifs is 1. The van der Waals surface area contributed by atoms with E-state index < -0.39 is 5.97 Å². The van der Waals surface area contributed by atoms with Gasteiger partial charge in [-0.3, -0.25) is 4.79 Å². The summed E-state index contributed by atoms with van der Waals surface area (Å²) in [7, 11) is 2.14. The molecule has 7 heteroatoms. The maximum atomic E-state index is 13.9. The van der Waals surface area contributed by atoms with Crippen LogP contribution < -0.4 is 4.74 Å². The Morgan fingerprint density at radius 1 is 1.10 bits per heavy atom. The van der Waals surface area contributed by atoms with Crippen molar-refractivity contribution in [1.82, 2.24) is 9.21 Å². The molecule has 4 rings (SSSR count). The highest BCUT2D eigenvalue weighted by Crippen LogP contribution is 2.37. The van der Waals surface area contributed by atoms with E-state index in [9.17, 15) is 14.3 Å². The number of carbonyl (C=O) groups is 1. The van der Waals surface area contributed by atoms with Crippen molar-refractivity contribution in [3.63, 3.8) is 0 Å². The first-order chi connectivity index (χ1) is 14.9. The number of halogens is 1. The van der Waals surface area contributed by atoms with Crippen molar-refractivity contribution < 1.29 is 19.0 Å². The molecule has 1 heterocycles. The Hall–Kier alpha value is -2.61. The summed E-state index contributed by atoms with van der Waals surface area (Å²) in [6, 6.07) is 14.1. The van der Waals surface area contributed by atoms with Crippen LogP contribution in [-0.4, -0.2) is 53.5 Å². The van der Waals surface area contributed by atoms with Gasteiger partial charge in [-0.25, -0.2) is 8.70 Å². The van der Waals surface area contributed by atoms with Crippen LogP contribution in [0.1, 0.15) is 11.1 Å². The first-order valence-corrected chi connectivity index (χ1v) is 11.0. The maximum Gasteiger partial charge on any atom is 0.307 e. The second-order valence-corrected chi connectivity index (χ2v) is 8.99. The van der Waals surface area contributed by atoms with E-state index in [0.29, 0.717) is 28.0 Å². The Labute approximate surface area is 185 Å². The lowest BCUT2D eigenvalue weighted by molar-refractivity contribution is -0.136. The van der Waals surface area contributed by atoms with E-state index in [1.807, 2.05) is 31.2 Å². The highest BCUT2D eigenvalue weighted by atomic mass is 32.2. The van der Waals surface area contributed by atoms with Crippen LogP contribution in [0, 0.1) is 12.7 Å². The fourth-order valence-electron chi connectivity index (χ4n) is 3.69. The molecule has 1 aliphatic heterocycles. The van der Waals surface area contributed by atoms with Crippen molar-refractivity contribution in [2.75, 3.05) is 33.2 Å². The van der Waals surface area contributed by atoms with Gasteiger partial charge in [-0.15, -0.1) is 0 Å². The second-order valence-electron chi connectivity index (χ2n) is 7.82. The summed E-state index contributed by atoms with van der Waals surface area (Å²) in [5, 5.41) is 10.6. The van der Waals surface area contributed by atoms with Crippen LogP contribution in [0.15, 0.2) is 53.4 Å². The lowest BCUT2D eigenvalue weighted by atomic mass is 9.98. The number of rotatable bonds is 6. The molecule has 0 spiro atoms. The van der Waals surface area contributed by atoms with E-state index in [2.05, 4.69) is 16.3 Å². The minimum atomic E-state index is -0.916. The summed E-state index contributed by atoms with van der Waals surface area (Å²) in [4.78, 5) is 14.7. The zero-order valence-corrected chi connectivity index (χ0v) is 18.4. The van der Waals surface area contributed by atoms with Gasteiger partial charge in [0.15, 0.2) is 0 Å². The van der Waals surface area contributed by atoms with E-state index in [0.717, 1.165) is 36.5 Å². The monoisotopic (exact) mass is 440 g/mol. The molecule has 3 aromatic carbocycles. The number of nitrogens with zero attached hydrogens (tertiary/aromatic N) is 2. The lowest BCUT2D eigenvalue weighted by Crippen LogP contribution is -2.40. The summed E-state index contributed by atoms with van der Waals surface area (Å²) in [5.74, 6) is -0.154. The third kappa shape index (κ3) is 5.18. The average molecular weight is 441 g/mol. The van der Waals surface area contributed by atoms with Gasteiger partial charge in [0.2, 0.25) is 0 Å². The van der Waals surface area contributed by atoms with Gasteiger partial charge in [0.05, 0.1) is 6.42 Å². The van der Waals surface area contributed by atoms with Crippen LogP contribution in [0.3, 0.4) is 0 Å². The number of hydrogen-bond donors (Lipinski definition) is 1. The number of likely N-dealkylation sites (N-methyl/N-ethyl adjacent to an activating group) is 1. The summed E-state index contributed by atoms with van der Waals surface area (Å²) in [6.45, 7) is 5.97. The molecular formula is C24H25FN2O3S. The summed E-state index contributed by atoms with van der Waals surface area (Å²) >= 11 is 1.73. The Kier molecular flexibility index (Phi) is 6.46. The summed E-state index contributed by atoms with van der Waals surface area (Å²) in [5.41, 5.74) is 1.36. The van der Waals surface area contributed by atoms with Gasteiger partial charge in [0.25, 0.3) is 0 Å². The number of aliphatic carboxylic acids is 1. The van der Waals surface area contributed by atoms with Gasteiger partial charge in [-0.2, -0.15) is 0 Å². The predicted molar refractivity (Wildman–Crippen MR) is 121 cm³/mol. The molecule has 0 amide bonds. The third-order valence-corrected chi connectivity index (χ3v) is 6.60. The quantitative estimate of drug-likeness (QED) is 0.547. The highest BCUT2D eigenvalue weighted by molar-refractivity contribution is 7.97. The fourth-order valence-corrected chi connectivity index (χ4v) is 4.59. The molecule has 3 aromatic rings. The van der Waals surface area contributed by atoms with Crippen molar-refractivity contribution in [1.29, 1.82) is 0 Å². The molecule has 0 aromatic heterocycles. The van der Waals surface area contributed by atoms with Crippen LogP contribution in [-0.2, 0) is 11.2 Å². The number of piperazine rings is 1. The standard InChI is InChI=1S/C24H25FN2O3S/c1-16-18(14-23(28)29)13-17-3-4-19(25)15-22(17)24(16)30-20-5-7-21(8-6-20)31-27-11-9-26(2)10-12-27/h3-8,13,15H,9-12,14H2,1-2H3,(H,28,29). The van der Waals surface area contributed by atoms with E-state index in [4.69, 9.17) is 4.74 Å². The number of benzene rings is 3. The molecule has 1 saturated heterocycles. The van der Waals surface area contributed by atoms with Gasteiger partial charge in [-0.05, 0) is 78.8 Å². The van der Waals surface area contributed by atoms with E-state index in [-0.39, 0.29) is 12.2 Å². The molecule has 1 fully saturated rings. The minimum absolute atomic E-state index is 0.115. The molecule has 0 aliphatic carbocycles. The van der Waals surface area contributed by atoms with E-state index in [1.165, 1.54) is 12.1 Å². The number of carboxylic acid groups (broad SMARTS) is 1. The largest absolute Gasteiger partial charge is 0.481 e. The van der Waals surface area contributed by atoms with Crippen molar-refractivity contribution in [2.24, 2.45) is 0 Å². The van der Waals surface area contributed by atoms with Crippen molar-refractivity contribution in [2.45, 2.75) is 18.2 Å². The van der Waals surface area contributed by atoms with Crippen molar-refractivity contribution in [3.05, 3.63) is 65.5 Å². The van der Waals surface area contributed by atoms with Gasteiger partial charge in [0.1, 0.15) is 17.3 Å². The molecule has 5 nitrogen and oxygen atoms in total. The van der Waals surface area contributed by atoms with Crippen molar-refractivity contribution in [3.8, 4) is 11.5 Å². The molecule has 0 unspecified atom stereocenters. The smallest absolute Gasteiger partial charge is 0.307 e. The predicted octanol–water partition coefficient (Wildman–Crippen LogP) is 4.96. The molecule has 1 aliphatic rings. The zero-order chi connectivity index (χ0) is 22.0. The Bertz CT molecular complexity index is 1100. The molecular weight excluding hydrogens is 415 g/mol. The molecule has 0 radical (unpaired) electrons. The van der Waals surface area contributed by atoms with Crippen LogP contribution in [0.5, 0.6) is 11.5 Å². The first-order valence-electron chi connectivity index (χ1n) is 10.2. The zero-order valence-electron chi connectivity index (χ0n) is 17.6. The second kappa shape index (κ2) is 9.26. The first kappa shape index (κ1) is 21.6. The van der Waals surface area contributed by atoms with E-state index >= 15 is 0 Å². The van der Waals surface area contributed by atoms with Gasteiger partial charge < -0.3 is 14.7 Å². The Morgan fingerprint density at radius 2 is 1.81 bits per heavy atom. The van der Waals surface area contributed by atoms with Crippen LogP contribution >= 0.6 is 11.9 Å². The van der Waals surface area contributed by atoms with E-state index in [1.54, 1.807) is 24.1 Å². The molecule has 0 atom stereocenters. The number of ether oxygens (including phenoxy) is 1. The van der Waals surface area contributed by atoms with Crippen LogP contribution in [0.2, 0.25) is 0 Å². The fraction of sp³-hybridized carbons (Fsp3) is 0.292. The van der Waals surface area contributed by atoms with Gasteiger partial charge in [0, 0.05) is 36.5 Å². The maximum absolute atomic E-state index is 13.9. The Balaban J connectivity index is 1.59. The number of hydrogen-bond acceptors (Lipinski definition) is 5. The highest BCUT2D eigenvalue weighted by Gasteiger charge is 2.17. The summed E-state index contributed by atoms with van der Waals surface area (Å²) in [6.07, 6.45) is -0.115. The number of carboxylic acids is 1. The lowest BCUT2D eigenvalue weighted by Gasteiger charge is -2.31. The van der Waals surface area contributed by atoms with Crippen LogP contribution in [0.25, 0.3) is 10.8 Å². The molecule has 0 saturated carbocycles. The third-order valence-electron chi connectivity index (χ3n) is 5.49. The van der Waals surface area contributed by atoms with Crippen molar-refractivity contribution >= 4 is 28.7 Å². The topological polar surface area (TPSA) is 53.0 Å². The Morgan fingerprint density at radius 3 is 2.48 bits per heavy atom. The summed E-state index contributed by atoms with van der Waals surface area (Å²) < 4.78 is 22.5. The average Bonchev–Trinajstić information content (AvgIpc) is 2.74. The van der Waals surface area contributed by atoms with Gasteiger partial charge in [-0.1, -0.05) is 12.1 Å². The molecule has 31 heavy (non-hydrogen) atoms. The van der Waals surface area contributed by atoms with Gasteiger partial charge >= 0.3 is 5.97 Å². The molecule has 162 valence electrons. The normalized spacial score (nSPS) is 15.3. The molecule has 0 bridgehead atoms.